The minimum Gasteiger partial charge on any atom is -0.455 e. The van der Waals surface area contributed by atoms with Crippen molar-refractivity contribution in [2.45, 2.75) is 97.8 Å². The highest BCUT2D eigenvalue weighted by Gasteiger charge is 2.50. The molecular weight excluding hydrogens is 812 g/mol. The normalized spacial score (nSPS) is 14.0. The molecule has 8 aromatic carbocycles. The molecule has 9 aromatic rings. The van der Waals surface area contributed by atoms with Crippen molar-refractivity contribution in [3.05, 3.63) is 186 Å². The van der Waals surface area contributed by atoms with E-state index in [0.29, 0.717) is 0 Å². The maximum Gasteiger partial charge on any atom is 0.333 e. The SMILES string of the molecule is CCCCc1ccc(N2B3c4c(ccc5c4-c4ccccc4C5(C)C)N(c4ccc(CCCC)cc4-c4ccccc4)c4cc5c(oc6ccccc65)c(c43)-c3cc(CCCC)ccc32)cc1. The Kier molecular flexibility index (Phi) is 10.3. The maximum absolute atomic E-state index is 7.22. The number of aryl methyl sites for hydroxylation is 3. The summed E-state index contributed by atoms with van der Waals surface area (Å²) in [5, 5.41) is 2.30. The smallest absolute Gasteiger partial charge is 0.333 e. The standard InChI is InChI=1S/C63H59BN2O/c1-6-9-19-41-28-32-45(33-29-41)66-54-36-31-43(21-11-8-3)39-50(54)59-61-56(40-49-46-24-16-18-27-57(46)67-62(49)59)65(53-35-30-42(20-10-7-2)38-48(53)44-22-13-12-14-23-44)55-37-34-52-58(60(55)64(61)66)47-25-15-17-26-51(47)63(52,4)5/h12-18,22-40H,6-11,19-21H2,1-5H3. The molecule has 2 aliphatic heterocycles. The maximum atomic E-state index is 7.22. The van der Waals surface area contributed by atoms with Gasteiger partial charge in [0.25, 0.3) is 0 Å². The van der Waals surface area contributed by atoms with Gasteiger partial charge >= 0.3 is 6.85 Å². The lowest BCUT2D eigenvalue weighted by Gasteiger charge is -2.47. The Morgan fingerprint density at radius 2 is 1.09 bits per heavy atom. The molecular formula is C63H59BN2O. The van der Waals surface area contributed by atoms with Crippen LogP contribution in [0.3, 0.4) is 0 Å². The van der Waals surface area contributed by atoms with E-state index in [4.69, 9.17) is 4.42 Å². The third kappa shape index (κ3) is 6.54. The predicted molar refractivity (Wildman–Crippen MR) is 286 cm³/mol. The number of para-hydroxylation sites is 1. The zero-order valence-electron chi connectivity index (χ0n) is 39.8. The van der Waals surface area contributed by atoms with Crippen molar-refractivity contribution in [2.24, 2.45) is 0 Å². The molecule has 67 heavy (non-hydrogen) atoms. The van der Waals surface area contributed by atoms with E-state index < -0.39 is 0 Å². The minimum atomic E-state index is -0.180. The lowest BCUT2D eigenvalue weighted by molar-refractivity contribution is 0.660. The van der Waals surface area contributed by atoms with Gasteiger partial charge in [0.05, 0.1) is 5.69 Å². The summed E-state index contributed by atoms with van der Waals surface area (Å²) < 4.78 is 7.22. The second kappa shape index (κ2) is 16.5. The molecule has 0 radical (unpaired) electrons. The summed E-state index contributed by atoms with van der Waals surface area (Å²) in [5.74, 6) is 0. The van der Waals surface area contributed by atoms with Crippen molar-refractivity contribution in [1.82, 2.24) is 0 Å². The van der Waals surface area contributed by atoms with Crippen molar-refractivity contribution in [3.63, 3.8) is 0 Å². The minimum absolute atomic E-state index is 0.162. The number of rotatable bonds is 12. The Labute approximate surface area is 397 Å². The Morgan fingerprint density at radius 3 is 1.84 bits per heavy atom. The molecule has 4 heteroatoms. The molecule has 0 spiro atoms. The van der Waals surface area contributed by atoms with Crippen LogP contribution in [0.15, 0.2) is 162 Å². The van der Waals surface area contributed by atoms with E-state index in [1.54, 1.807) is 0 Å². The van der Waals surface area contributed by atoms with Crippen molar-refractivity contribution in [2.75, 3.05) is 9.71 Å². The van der Waals surface area contributed by atoms with Gasteiger partial charge in [-0.15, -0.1) is 0 Å². The monoisotopic (exact) mass is 870 g/mol. The van der Waals surface area contributed by atoms with E-state index in [-0.39, 0.29) is 12.3 Å². The summed E-state index contributed by atoms with van der Waals surface area (Å²) in [7, 11) is 0. The molecule has 1 aliphatic carbocycles. The zero-order chi connectivity index (χ0) is 45.4. The number of benzene rings is 8. The highest BCUT2D eigenvalue weighted by molar-refractivity contribution is 6.95. The van der Waals surface area contributed by atoms with E-state index in [2.05, 4.69) is 202 Å². The number of hydrogen-bond acceptors (Lipinski definition) is 3. The topological polar surface area (TPSA) is 19.6 Å². The van der Waals surface area contributed by atoms with Crippen LogP contribution in [-0.2, 0) is 24.7 Å². The third-order valence-corrected chi connectivity index (χ3v) is 15.4. The van der Waals surface area contributed by atoms with Crippen LogP contribution in [0.25, 0.3) is 55.3 Å². The molecule has 3 aliphatic rings. The number of nitrogens with zero attached hydrogens (tertiary/aromatic N) is 2. The summed E-state index contributed by atoms with van der Waals surface area (Å²) in [4.78, 5) is 5.36. The molecule has 0 saturated heterocycles. The van der Waals surface area contributed by atoms with E-state index in [0.717, 1.165) is 66.9 Å². The Bertz CT molecular complexity index is 3360. The van der Waals surface area contributed by atoms with Crippen LogP contribution in [0.2, 0.25) is 0 Å². The molecule has 12 rings (SSSR count). The average molecular weight is 871 g/mol. The molecule has 3 heterocycles. The molecule has 0 N–H and O–H groups in total. The van der Waals surface area contributed by atoms with Crippen LogP contribution < -0.4 is 20.6 Å². The summed E-state index contributed by atoms with van der Waals surface area (Å²) in [6, 6.07) is 60.6. The van der Waals surface area contributed by atoms with Gasteiger partial charge in [-0.05, 0) is 149 Å². The number of unbranched alkanes of at least 4 members (excludes halogenated alkanes) is 3. The molecule has 0 atom stereocenters. The molecule has 0 fully saturated rings. The van der Waals surface area contributed by atoms with Crippen LogP contribution in [0.5, 0.6) is 0 Å². The van der Waals surface area contributed by atoms with E-state index >= 15 is 0 Å². The van der Waals surface area contributed by atoms with Crippen molar-refractivity contribution in [1.29, 1.82) is 0 Å². The molecule has 3 nitrogen and oxygen atoms in total. The van der Waals surface area contributed by atoms with Crippen LogP contribution in [0, 0.1) is 0 Å². The largest absolute Gasteiger partial charge is 0.455 e. The first-order valence-corrected chi connectivity index (χ1v) is 25.1. The zero-order valence-corrected chi connectivity index (χ0v) is 39.8. The molecule has 0 unspecified atom stereocenters. The second-order valence-corrected chi connectivity index (χ2v) is 19.9. The molecule has 1 aromatic heterocycles. The van der Waals surface area contributed by atoms with Gasteiger partial charge in [0.2, 0.25) is 0 Å². The molecule has 0 saturated carbocycles. The lowest BCUT2D eigenvalue weighted by atomic mass is 9.42. The second-order valence-electron chi connectivity index (χ2n) is 19.9. The third-order valence-electron chi connectivity index (χ3n) is 15.4. The average Bonchev–Trinajstić information content (AvgIpc) is 3.86. The van der Waals surface area contributed by atoms with Gasteiger partial charge in [-0.1, -0.05) is 157 Å². The fraction of sp³-hybridized carbons (Fsp3) is 0.238. The highest BCUT2D eigenvalue weighted by Crippen LogP contribution is 2.55. The van der Waals surface area contributed by atoms with Crippen LogP contribution in [0.1, 0.15) is 101 Å². The van der Waals surface area contributed by atoms with Crippen molar-refractivity contribution < 1.29 is 4.42 Å². The number of anilines is 5. The summed E-state index contributed by atoms with van der Waals surface area (Å²) >= 11 is 0. The Morgan fingerprint density at radius 1 is 0.478 bits per heavy atom. The van der Waals surface area contributed by atoms with Crippen LogP contribution >= 0.6 is 0 Å². The van der Waals surface area contributed by atoms with Crippen molar-refractivity contribution >= 4 is 68.1 Å². The van der Waals surface area contributed by atoms with Gasteiger partial charge in [0.15, 0.2) is 0 Å². The number of fused-ring (bicyclic) bond motifs is 12. The van der Waals surface area contributed by atoms with Gasteiger partial charge in [-0.3, -0.25) is 0 Å². The summed E-state index contributed by atoms with van der Waals surface area (Å²) in [6.45, 7) is 11.6. The summed E-state index contributed by atoms with van der Waals surface area (Å²) in [5.41, 5.74) is 25.0. The van der Waals surface area contributed by atoms with Gasteiger partial charge in [-0.2, -0.15) is 0 Å². The van der Waals surface area contributed by atoms with Gasteiger partial charge in [-0.25, -0.2) is 0 Å². The molecule has 0 bridgehead atoms. The van der Waals surface area contributed by atoms with Gasteiger partial charge in [0.1, 0.15) is 11.2 Å². The van der Waals surface area contributed by atoms with Crippen LogP contribution in [-0.4, -0.2) is 6.85 Å². The van der Waals surface area contributed by atoms with Gasteiger partial charge in [0, 0.05) is 55.6 Å². The van der Waals surface area contributed by atoms with Gasteiger partial charge < -0.3 is 14.1 Å². The van der Waals surface area contributed by atoms with Crippen molar-refractivity contribution in [3.8, 4) is 33.4 Å². The lowest BCUT2D eigenvalue weighted by Crippen LogP contribution is -2.62. The number of hydrogen-bond donors (Lipinski definition) is 0. The van der Waals surface area contributed by atoms with Crippen LogP contribution in [0.4, 0.5) is 28.4 Å². The first-order valence-electron chi connectivity index (χ1n) is 25.1. The van der Waals surface area contributed by atoms with E-state index in [1.165, 1.54) is 113 Å². The summed E-state index contributed by atoms with van der Waals surface area (Å²) in [6.07, 6.45) is 10.2. The Hall–Kier alpha value is -6.78. The molecule has 0 amide bonds. The predicted octanol–water partition coefficient (Wildman–Crippen LogP) is 16.3. The first-order chi connectivity index (χ1) is 32.9. The molecule has 330 valence electrons. The van der Waals surface area contributed by atoms with E-state index in [1.807, 2.05) is 0 Å². The Balaban J connectivity index is 1.25. The fourth-order valence-corrected chi connectivity index (χ4v) is 12.0. The fourth-order valence-electron chi connectivity index (χ4n) is 12.0. The quantitative estimate of drug-likeness (QED) is 0.114. The highest BCUT2D eigenvalue weighted by atomic mass is 16.3. The first kappa shape index (κ1) is 41.6. The van der Waals surface area contributed by atoms with E-state index in [9.17, 15) is 0 Å². The number of furan rings is 1.